The van der Waals surface area contributed by atoms with Crippen molar-refractivity contribution in [2.24, 2.45) is 0 Å². The smallest absolute Gasteiger partial charge is 0.136 e. The number of aromatic amines is 1. The van der Waals surface area contributed by atoms with E-state index in [2.05, 4.69) is 15.2 Å². The van der Waals surface area contributed by atoms with Gasteiger partial charge < -0.3 is 9.51 Å². The lowest BCUT2D eigenvalue weighted by Gasteiger charge is -2.11. The number of imidazole rings is 1. The van der Waals surface area contributed by atoms with Crippen LogP contribution in [0.15, 0.2) is 36.8 Å². The molecule has 0 unspecified atom stereocenters. The van der Waals surface area contributed by atoms with Crippen LogP contribution in [0.25, 0.3) is 27.7 Å². The van der Waals surface area contributed by atoms with Crippen molar-refractivity contribution in [1.82, 2.24) is 19.6 Å². The highest BCUT2D eigenvalue weighted by Crippen LogP contribution is 2.33. The van der Waals surface area contributed by atoms with Crippen molar-refractivity contribution >= 4 is 16.6 Å². The van der Waals surface area contributed by atoms with Gasteiger partial charge in [0.1, 0.15) is 11.5 Å². The van der Waals surface area contributed by atoms with Gasteiger partial charge in [0.15, 0.2) is 0 Å². The van der Waals surface area contributed by atoms with E-state index in [-0.39, 0.29) is 12.2 Å². The third-order valence-electron chi connectivity index (χ3n) is 3.82. The number of nitrogens with zero attached hydrogens (tertiary/aromatic N) is 3. The lowest BCUT2D eigenvalue weighted by Crippen LogP contribution is -1.97. The number of rotatable bonds is 2. The average molecular weight is 296 g/mol. The Hall–Kier alpha value is -2.73. The molecule has 4 aromatic rings. The number of aryl methyl sites for hydroxylation is 1. The Bertz CT molecular complexity index is 1000. The fraction of sp³-hybridized carbons (Fsp3) is 0.125. The number of hydrogen-bond acceptors (Lipinski definition) is 3. The SMILES string of the molecule is Cc1cn2cc(-c3c(CO)c(F)cc4[nH]ncc34)ccc2n1. The Balaban J connectivity index is 2.07. The van der Waals surface area contributed by atoms with Crippen LogP contribution >= 0.6 is 0 Å². The zero-order chi connectivity index (χ0) is 15.3. The number of benzene rings is 1. The van der Waals surface area contributed by atoms with Crippen LogP contribution in [0.2, 0.25) is 0 Å². The van der Waals surface area contributed by atoms with Gasteiger partial charge in [0.2, 0.25) is 0 Å². The zero-order valence-electron chi connectivity index (χ0n) is 11.8. The Morgan fingerprint density at radius 3 is 3.00 bits per heavy atom. The molecule has 0 amide bonds. The van der Waals surface area contributed by atoms with Crippen LogP contribution in [0, 0.1) is 12.7 Å². The Kier molecular flexibility index (Phi) is 2.74. The summed E-state index contributed by atoms with van der Waals surface area (Å²) >= 11 is 0. The lowest BCUT2D eigenvalue weighted by atomic mass is 9.97. The van der Waals surface area contributed by atoms with Crippen molar-refractivity contribution in [2.75, 3.05) is 0 Å². The van der Waals surface area contributed by atoms with Gasteiger partial charge in [0.05, 0.1) is 24.0 Å². The summed E-state index contributed by atoms with van der Waals surface area (Å²) in [5.41, 5.74) is 4.06. The van der Waals surface area contributed by atoms with Crippen molar-refractivity contribution < 1.29 is 9.50 Å². The number of hydrogen-bond donors (Lipinski definition) is 2. The third-order valence-corrected chi connectivity index (χ3v) is 3.82. The van der Waals surface area contributed by atoms with Gasteiger partial charge >= 0.3 is 0 Å². The second-order valence-electron chi connectivity index (χ2n) is 5.27. The lowest BCUT2D eigenvalue weighted by molar-refractivity contribution is 0.276. The molecule has 0 spiro atoms. The number of H-pyrrole nitrogens is 1. The number of fused-ring (bicyclic) bond motifs is 2. The largest absolute Gasteiger partial charge is 0.392 e. The van der Waals surface area contributed by atoms with E-state index in [1.165, 1.54) is 6.07 Å². The average Bonchev–Trinajstić information content (AvgIpc) is 3.09. The number of aliphatic hydroxyl groups excluding tert-OH is 1. The molecule has 3 heterocycles. The first kappa shape index (κ1) is 13.0. The fourth-order valence-electron chi connectivity index (χ4n) is 2.85. The molecule has 2 N–H and O–H groups in total. The van der Waals surface area contributed by atoms with Gasteiger partial charge in [-0.2, -0.15) is 5.10 Å². The van der Waals surface area contributed by atoms with E-state index in [9.17, 15) is 9.50 Å². The number of aromatic nitrogens is 4. The van der Waals surface area contributed by atoms with Crippen molar-refractivity contribution in [2.45, 2.75) is 13.5 Å². The molecule has 0 radical (unpaired) electrons. The minimum Gasteiger partial charge on any atom is -0.392 e. The van der Waals surface area contributed by atoms with Crippen molar-refractivity contribution in [3.05, 3.63) is 53.9 Å². The molecular formula is C16H13FN4O. The van der Waals surface area contributed by atoms with Crippen LogP contribution in [0.4, 0.5) is 4.39 Å². The zero-order valence-corrected chi connectivity index (χ0v) is 11.8. The first-order valence-corrected chi connectivity index (χ1v) is 6.88. The number of nitrogens with one attached hydrogen (secondary N) is 1. The quantitative estimate of drug-likeness (QED) is 0.598. The maximum absolute atomic E-state index is 14.2. The maximum Gasteiger partial charge on any atom is 0.136 e. The molecule has 0 saturated carbocycles. The molecule has 0 bridgehead atoms. The summed E-state index contributed by atoms with van der Waals surface area (Å²) in [5.74, 6) is -0.448. The van der Waals surface area contributed by atoms with Gasteiger partial charge in [-0.25, -0.2) is 9.37 Å². The maximum atomic E-state index is 14.2. The topological polar surface area (TPSA) is 66.2 Å². The first-order chi connectivity index (χ1) is 10.7. The molecule has 0 aliphatic carbocycles. The third kappa shape index (κ3) is 1.81. The summed E-state index contributed by atoms with van der Waals surface area (Å²) < 4.78 is 16.1. The van der Waals surface area contributed by atoms with E-state index >= 15 is 0 Å². The molecule has 6 heteroatoms. The summed E-state index contributed by atoms with van der Waals surface area (Å²) in [5, 5.41) is 17.1. The van der Waals surface area contributed by atoms with E-state index in [0.717, 1.165) is 22.3 Å². The van der Waals surface area contributed by atoms with E-state index < -0.39 is 5.82 Å². The summed E-state index contributed by atoms with van der Waals surface area (Å²) in [6, 6.07) is 5.11. The predicted molar refractivity (Wildman–Crippen MR) is 80.9 cm³/mol. The molecular weight excluding hydrogens is 283 g/mol. The molecule has 0 saturated heterocycles. The van der Waals surface area contributed by atoms with Crippen molar-refractivity contribution in [3.63, 3.8) is 0 Å². The highest BCUT2D eigenvalue weighted by Gasteiger charge is 2.16. The van der Waals surface area contributed by atoms with Crippen LogP contribution in [0.3, 0.4) is 0 Å². The highest BCUT2D eigenvalue weighted by molar-refractivity contribution is 5.96. The van der Waals surface area contributed by atoms with Crippen LogP contribution in [0.1, 0.15) is 11.3 Å². The number of halogens is 1. The monoisotopic (exact) mass is 296 g/mol. The Morgan fingerprint density at radius 1 is 1.32 bits per heavy atom. The Morgan fingerprint density at radius 2 is 2.18 bits per heavy atom. The van der Waals surface area contributed by atoms with E-state index in [4.69, 9.17) is 0 Å². The molecule has 3 aromatic heterocycles. The molecule has 0 atom stereocenters. The molecule has 22 heavy (non-hydrogen) atoms. The fourth-order valence-corrected chi connectivity index (χ4v) is 2.85. The molecule has 0 aliphatic heterocycles. The summed E-state index contributed by atoms with van der Waals surface area (Å²) in [4.78, 5) is 4.38. The molecule has 110 valence electrons. The molecule has 4 rings (SSSR count). The van der Waals surface area contributed by atoms with Crippen LogP contribution in [-0.4, -0.2) is 24.7 Å². The van der Waals surface area contributed by atoms with Crippen molar-refractivity contribution in [1.29, 1.82) is 0 Å². The predicted octanol–water partition coefficient (Wildman–Crippen LogP) is 2.82. The van der Waals surface area contributed by atoms with Gasteiger partial charge in [-0.3, -0.25) is 5.10 Å². The van der Waals surface area contributed by atoms with Gasteiger partial charge in [0, 0.05) is 28.9 Å². The second-order valence-corrected chi connectivity index (χ2v) is 5.27. The van der Waals surface area contributed by atoms with Crippen LogP contribution in [-0.2, 0) is 6.61 Å². The molecule has 0 aliphatic rings. The normalized spacial score (nSPS) is 11.6. The number of aliphatic hydroxyl groups is 1. The molecule has 5 nitrogen and oxygen atoms in total. The molecule has 1 aromatic carbocycles. The van der Waals surface area contributed by atoms with E-state index in [1.807, 2.05) is 35.9 Å². The van der Waals surface area contributed by atoms with Gasteiger partial charge in [-0.1, -0.05) is 0 Å². The van der Waals surface area contributed by atoms with Crippen LogP contribution < -0.4 is 0 Å². The summed E-state index contributed by atoms with van der Waals surface area (Å²) in [6.07, 6.45) is 5.44. The second kappa shape index (κ2) is 4.64. The Labute approximate surface area is 125 Å². The number of pyridine rings is 1. The summed E-state index contributed by atoms with van der Waals surface area (Å²) in [7, 11) is 0. The van der Waals surface area contributed by atoms with Gasteiger partial charge in [-0.15, -0.1) is 0 Å². The van der Waals surface area contributed by atoms with Gasteiger partial charge in [-0.05, 0) is 30.7 Å². The minimum atomic E-state index is -0.448. The van der Waals surface area contributed by atoms with Crippen LogP contribution in [0.5, 0.6) is 0 Å². The first-order valence-electron chi connectivity index (χ1n) is 6.88. The minimum absolute atomic E-state index is 0.269. The van der Waals surface area contributed by atoms with E-state index in [1.54, 1.807) is 6.20 Å². The molecule has 0 fully saturated rings. The van der Waals surface area contributed by atoms with Crippen molar-refractivity contribution in [3.8, 4) is 11.1 Å². The summed E-state index contributed by atoms with van der Waals surface area (Å²) in [6.45, 7) is 1.55. The van der Waals surface area contributed by atoms with Gasteiger partial charge in [0.25, 0.3) is 0 Å². The van der Waals surface area contributed by atoms with E-state index in [0.29, 0.717) is 11.1 Å². The standard InChI is InChI=1S/C16H13FN4O/c1-9-6-21-7-10(2-3-15(21)19-9)16-11-5-18-20-14(11)4-13(17)12(16)8-22/h2-7,22H,8H2,1H3,(H,18,20). The highest BCUT2D eigenvalue weighted by atomic mass is 19.1.